The van der Waals surface area contributed by atoms with E-state index < -0.39 is 0 Å². The maximum absolute atomic E-state index is 12.5. The van der Waals surface area contributed by atoms with Gasteiger partial charge in [0, 0.05) is 19.2 Å². The number of nitrogens with one attached hydrogen (secondary N) is 1. The molecule has 6 heteroatoms. The van der Waals surface area contributed by atoms with Gasteiger partial charge >= 0.3 is 0 Å². The Kier molecular flexibility index (Phi) is 5.76. The van der Waals surface area contributed by atoms with Crippen molar-refractivity contribution in [3.8, 4) is 5.88 Å². The quantitative estimate of drug-likeness (QED) is 0.500. The van der Waals surface area contributed by atoms with E-state index in [1.54, 1.807) is 12.3 Å². The van der Waals surface area contributed by atoms with Crippen LogP contribution in [-0.2, 0) is 6.42 Å². The minimum Gasteiger partial charge on any atom is -0.477 e. The van der Waals surface area contributed by atoms with Gasteiger partial charge in [0.05, 0.1) is 17.6 Å². The molecule has 3 aromatic rings. The second kappa shape index (κ2) is 8.40. The van der Waals surface area contributed by atoms with Gasteiger partial charge in [-0.2, -0.15) is 0 Å². The van der Waals surface area contributed by atoms with Crippen molar-refractivity contribution in [2.45, 2.75) is 6.42 Å². The molecule has 0 amide bonds. The molecule has 0 fully saturated rings. The molecule has 0 bridgehead atoms. The molecule has 26 heavy (non-hydrogen) atoms. The van der Waals surface area contributed by atoms with Gasteiger partial charge in [0.1, 0.15) is 12.0 Å². The Morgan fingerprint density at radius 1 is 1.23 bits per heavy atom. The SMILES string of the molecule is CN(C)CC=CC(=O)c1c[nH]c2ncnc(OCCc3ccccc3)c12. The summed E-state index contributed by atoms with van der Waals surface area (Å²) in [6, 6.07) is 10.1. The zero-order valence-corrected chi connectivity index (χ0v) is 15.0. The predicted octanol–water partition coefficient (Wildman–Crippen LogP) is 2.88. The number of allylic oxidation sites excluding steroid dienone is 1. The first-order valence-corrected chi connectivity index (χ1v) is 8.49. The molecule has 3 rings (SSSR count). The highest BCUT2D eigenvalue weighted by atomic mass is 16.5. The van der Waals surface area contributed by atoms with Gasteiger partial charge < -0.3 is 14.6 Å². The van der Waals surface area contributed by atoms with Gasteiger partial charge in [-0.25, -0.2) is 9.97 Å². The summed E-state index contributed by atoms with van der Waals surface area (Å²) in [7, 11) is 3.90. The minimum absolute atomic E-state index is 0.0965. The van der Waals surface area contributed by atoms with Gasteiger partial charge in [0.15, 0.2) is 5.78 Å². The van der Waals surface area contributed by atoms with Gasteiger partial charge in [-0.3, -0.25) is 4.79 Å². The Hall–Kier alpha value is -2.99. The number of H-pyrrole nitrogens is 1. The number of nitrogens with zero attached hydrogens (tertiary/aromatic N) is 3. The van der Waals surface area contributed by atoms with Crippen LogP contribution in [0.3, 0.4) is 0 Å². The number of carbonyl (C=O) groups excluding carboxylic acids is 1. The number of likely N-dealkylation sites (N-methyl/N-ethyl adjacent to an activating group) is 1. The highest BCUT2D eigenvalue weighted by molar-refractivity contribution is 6.13. The summed E-state index contributed by atoms with van der Waals surface area (Å²) >= 11 is 0. The van der Waals surface area contributed by atoms with Gasteiger partial charge in [-0.05, 0) is 25.7 Å². The lowest BCUT2D eigenvalue weighted by Gasteiger charge is -2.07. The zero-order chi connectivity index (χ0) is 18.4. The lowest BCUT2D eigenvalue weighted by Crippen LogP contribution is -2.11. The van der Waals surface area contributed by atoms with Crippen LogP contribution in [-0.4, -0.2) is 52.9 Å². The molecule has 0 aliphatic carbocycles. The van der Waals surface area contributed by atoms with Crippen LogP contribution in [0.15, 0.2) is 55.0 Å². The number of hydrogen-bond donors (Lipinski definition) is 1. The molecule has 0 atom stereocenters. The smallest absolute Gasteiger partial charge is 0.226 e. The van der Waals surface area contributed by atoms with Crippen molar-refractivity contribution in [3.63, 3.8) is 0 Å². The molecular weight excluding hydrogens is 328 g/mol. The van der Waals surface area contributed by atoms with E-state index in [2.05, 4.69) is 27.1 Å². The summed E-state index contributed by atoms with van der Waals surface area (Å²) in [4.78, 5) is 25.9. The summed E-state index contributed by atoms with van der Waals surface area (Å²) in [5.41, 5.74) is 2.30. The number of fused-ring (bicyclic) bond motifs is 1. The fourth-order valence-electron chi connectivity index (χ4n) is 2.61. The molecule has 2 heterocycles. The summed E-state index contributed by atoms with van der Waals surface area (Å²) < 4.78 is 5.86. The largest absolute Gasteiger partial charge is 0.477 e. The van der Waals surface area contributed by atoms with Gasteiger partial charge in [0.2, 0.25) is 5.88 Å². The Morgan fingerprint density at radius 2 is 2.04 bits per heavy atom. The zero-order valence-electron chi connectivity index (χ0n) is 15.0. The van der Waals surface area contributed by atoms with Gasteiger partial charge in [-0.15, -0.1) is 0 Å². The molecule has 6 nitrogen and oxygen atoms in total. The molecule has 0 aliphatic heterocycles. The van der Waals surface area contributed by atoms with E-state index in [9.17, 15) is 4.79 Å². The van der Waals surface area contributed by atoms with Crippen molar-refractivity contribution in [2.75, 3.05) is 27.2 Å². The number of aromatic nitrogens is 3. The number of carbonyl (C=O) groups is 1. The van der Waals surface area contributed by atoms with Crippen molar-refractivity contribution < 1.29 is 9.53 Å². The van der Waals surface area contributed by atoms with Crippen LogP contribution in [0.25, 0.3) is 11.0 Å². The lowest BCUT2D eigenvalue weighted by molar-refractivity contribution is 0.104. The van der Waals surface area contributed by atoms with Crippen molar-refractivity contribution in [2.24, 2.45) is 0 Å². The number of rotatable bonds is 8. The van der Waals surface area contributed by atoms with E-state index in [4.69, 9.17) is 4.74 Å². The molecule has 0 saturated carbocycles. The number of aromatic amines is 1. The van der Waals surface area contributed by atoms with Crippen LogP contribution in [0.5, 0.6) is 5.88 Å². The third-order valence-corrected chi connectivity index (χ3v) is 3.91. The fourth-order valence-corrected chi connectivity index (χ4v) is 2.61. The summed E-state index contributed by atoms with van der Waals surface area (Å²) in [5, 5.41) is 0.625. The molecule has 1 N–H and O–H groups in total. The summed E-state index contributed by atoms with van der Waals surface area (Å²) in [6.45, 7) is 1.18. The third kappa shape index (κ3) is 4.34. The average molecular weight is 350 g/mol. The summed E-state index contributed by atoms with van der Waals surface area (Å²) in [6.07, 6.45) is 7.27. The molecule has 0 radical (unpaired) electrons. The minimum atomic E-state index is -0.0965. The average Bonchev–Trinajstić information content (AvgIpc) is 3.07. The first-order chi connectivity index (χ1) is 12.6. The Morgan fingerprint density at radius 3 is 2.81 bits per heavy atom. The Balaban J connectivity index is 1.77. The Labute approximate surface area is 152 Å². The molecule has 134 valence electrons. The number of hydrogen-bond acceptors (Lipinski definition) is 5. The molecule has 2 aromatic heterocycles. The number of ether oxygens (including phenoxy) is 1. The molecule has 1 aromatic carbocycles. The third-order valence-electron chi connectivity index (χ3n) is 3.91. The van der Waals surface area contributed by atoms with Crippen LogP contribution >= 0.6 is 0 Å². The van der Waals surface area contributed by atoms with E-state index in [1.807, 2.05) is 43.3 Å². The van der Waals surface area contributed by atoms with Crippen LogP contribution in [0.1, 0.15) is 15.9 Å². The predicted molar refractivity (Wildman–Crippen MR) is 102 cm³/mol. The first kappa shape index (κ1) is 17.8. The van der Waals surface area contributed by atoms with Gasteiger partial charge in [0.25, 0.3) is 0 Å². The van der Waals surface area contributed by atoms with Crippen molar-refractivity contribution in [3.05, 3.63) is 66.1 Å². The highest BCUT2D eigenvalue weighted by Crippen LogP contribution is 2.26. The van der Waals surface area contributed by atoms with Crippen molar-refractivity contribution in [1.82, 2.24) is 19.9 Å². The second-order valence-electron chi connectivity index (χ2n) is 6.22. The monoisotopic (exact) mass is 350 g/mol. The maximum Gasteiger partial charge on any atom is 0.226 e. The second-order valence-corrected chi connectivity index (χ2v) is 6.22. The number of ketones is 1. The van der Waals surface area contributed by atoms with Crippen molar-refractivity contribution in [1.29, 1.82) is 0 Å². The van der Waals surface area contributed by atoms with E-state index in [-0.39, 0.29) is 5.78 Å². The van der Waals surface area contributed by atoms with Crippen LogP contribution < -0.4 is 4.74 Å². The molecule has 0 spiro atoms. The molecular formula is C20H22N4O2. The van der Waals surface area contributed by atoms with Gasteiger partial charge in [-0.1, -0.05) is 36.4 Å². The Bertz CT molecular complexity index is 901. The summed E-state index contributed by atoms with van der Waals surface area (Å²) in [5.74, 6) is 0.331. The molecule has 0 unspecified atom stereocenters. The van der Waals surface area contributed by atoms with Crippen LogP contribution in [0, 0.1) is 0 Å². The van der Waals surface area contributed by atoms with E-state index in [0.29, 0.717) is 35.6 Å². The molecule has 0 saturated heterocycles. The normalized spacial score (nSPS) is 11.5. The maximum atomic E-state index is 12.5. The lowest BCUT2D eigenvalue weighted by atomic mass is 10.1. The first-order valence-electron chi connectivity index (χ1n) is 8.49. The highest BCUT2D eigenvalue weighted by Gasteiger charge is 2.16. The molecule has 0 aliphatic rings. The van der Waals surface area contributed by atoms with E-state index in [1.165, 1.54) is 11.9 Å². The van der Waals surface area contributed by atoms with E-state index in [0.717, 1.165) is 6.42 Å². The van der Waals surface area contributed by atoms with Crippen LogP contribution in [0.2, 0.25) is 0 Å². The van der Waals surface area contributed by atoms with E-state index >= 15 is 0 Å². The standard InChI is InChI=1S/C20H22N4O2/c1-24(2)11-6-9-17(25)16-13-21-19-18(16)20(23-14-22-19)26-12-10-15-7-4-3-5-8-15/h3-9,13-14H,10-12H2,1-2H3,(H,21,22,23). The number of benzene rings is 1. The van der Waals surface area contributed by atoms with Crippen molar-refractivity contribution >= 4 is 16.8 Å². The topological polar surface area (TPSA) is 71.1 Å². The van der Waals surface area contributed by atoms with Crippen LogP contribution in [0.4, 0.5) is 0 Å². The fraction of sp³-hybridized carbons (Fsp3) is 0.250.